The van der Waals surface area contributed by atoms with Gasteiger partial charge in [-0.2, -0.15) is 4.31 Å². The second kappa shape index (κ2) is 5.57. The van der Waals surface area contributed by atoms with E-state index in [1.54, 1.807) is 7.05 Å². The third-order valence-electron chi connectivity index (χ3n) is 3.99. The SMILES string of the molecule is CC1CCCC(N(C)S(=O)(=O)c2c[nH]c(C(=O)O)c2)C1. The first-order valence-electron chi connectivity index (χ1n) is 6.72. The van der Waals surface area contributed by atoms with E-state index in [1.165, 1.54) is 16.6 Å². The number of H-pyrrole nitrogens is 1. The third kappa shape index (κ3) is 2.88. The van der Waals surface area contributed by atoms with Crippen molar-refractivity contribution in [3.63, 3.8) is 0 Å². The van der Waals surface area contributed by atoms with Crippen LogP contribution in [-0.4, -0.2) is 41.9 Å². The summed E-state index contributed by atoms with van der Waals surface area (Å²) in [4.78, 5) is 13.3. The number of aromatic nitrogens is 1. The van der Waals surface area contributed by atoms with Crippen LogP contribution in [0.4, 0.5) is 0 Å². The van der Waals surface area contributed by atoms with E-state index < -0.39 is 16.0 Å². The lowest BCUT2D eigenvalue weighted by Crippen LogP contribution is -2.39. The molecule has 1 fully saturated rings. The minimum atomic E-state index is -3.64. The Morgan fingerprint density at radius 1 is 1.45 bits per heavy atom. The first kappa shape index (κ1) is 15.1. The molecule has 20 heavy (non-hydrogen) atoms. The number of nitrogens with zero attached hydrogens (tertiary/aromatic N) is 1. The summed E-state index contributed by atoms with van der Waals surface area (Å²) in [6.45, 7) is 2.13. The summed E-state index contributed by atoms with van der Waals surface area (Å²) in [5.74, 6) is -0.646. The number of carboxylic acid groups (broad SMARTS) is 1. The average Bonchev–Trinajstić information content (AvgIpc) is 2.88. The molecule has 1 aliphatic rings. The van der Waals surface area contributed by atoms with Gasteiger partial charge in [-0.15, -0.1) is 0 Å². The molecule has 112 valence electrons. The van der Waals surface area contributed by atoms with E-state index in [1.807, 2.05) is 0 Å². The molecule has 0 aliphatic heterocycles. The van der Waals surface area contributed by atoms with Crippen LogP contribution >= 0.6 is 0 Å². The molecule has 1 aromatic heterocycles. The third-order valence-corrected chi connectivity index (χ3v) is 5.87. The first-order chi connectivity index (χ1) is 9.32. The highest BCUT2D eigenvalue weighted by Gasteiger charge is 2.31. The molecule has 0 amide bonds. The Morgan fingerprint density at radius 2 is 2.15 bits per heavy atom. The number of nitrogens with one attached hydrogen (secondary N) is 1. The van der Waals surface area contributed by atoms with Gasteiger partial charge in [0, 0.05) is 19.3 Å². The predicted octanol–water partition coefficient (Wildman–Crippen LogP) is 1.91. The summed E-state index contributed by atoms with van der Waals surface area (Å²) in [5, 5.41) is 8.85. The zero-order chi connectivity index (χ0) is 14.9. The highest BCUT2D eigenvalue weighted by atomic mass is 32.2. The van der Waals surface area contributed by atoms with Crippen molar-refractivity contribution in [2.24, 2.45) is 5.92 Å². The first-order valence-corrected chi connectivity index (χ1v) is 8.16. The molecule has 1 heterocycles. The summed E-state index contributed by atoms with van der Waals surface area (Å²) >= 11 is 0. The van der Waals surface area contributed by atoms with Gasteiger partial charge in [0.2, 0.25) is 10.0 Å². The van der Waals surface area contributed by atoms with Gasteiger partial charge in [-0.05, 0) is 24.8 Å². The minimum absolute atomic E-state index is 0.00747. The van der Waals surface area contributed by atoms with Crippen molar-refractivity contribution in [2.45, 2.75) is 43.5 Å². The molecular weight excluding hydrogens is 280 g/mol. The van der Waals surface area contributed by atoms with Gasteiger partial charge >= 0.3 is 5.97 Å². The van der Waals surface area contributed by atoms with Crippen LogP contribution in [0, 0.1) is 5.92 Å². The average molecular weight is 300 g/mol. The van der Waals surface area contributed by atoms with Crippen molar-refractivity contribution < 1.29 is 18.3 Å². The lowest BCUT2D eigenvalue weighted by molar-refractivity contribution is 0.0691. The molecule has 1 aromatic rings. The fourth-order valence-electron chi connectivity index (χ4n) is 2.74. The highest BCUT2D eigenvalue weighted by Crippen LogP contribution is 2.29. The van der Waals surface area contributed by atoms with Crippen LogP contribution in [0.3, 0.4) is 0 Å². The Morgan fingerprint density at radius 3 is 2.70 bits per heavy atom. The summed E-state index contributed by atoms with van der Waals surface area (Å²) in [6.07, 6.45) is 5.11. The van der Waals surface area contributed by atoms with Gasteiger partial charge in [0.25, 0.3) is 0 Å². The van der Waals surface area contributed by atoms with Crippen LogP contribution in [0.25, 0.3) is 0 Å². The van der Waals surface area contributed by atoms with Crippen molar-refractivity contribution in [2.75, 3.05) is 7.05 Å². The predicted molar refractivity (Wildman–Crippen MR) is 74.1 cm³/mol. The fourth-order valence-corrected chi connectivity index (χ4v) is 4.13. The molecule has 2 atom stereocenters. The van der Waals surface area contributed by atoms with Crippen LogP contribution in [0.1, 0.15) is 43.1 Å². The molecule has 7 heteroatoms. The van der Waals surface area contributed by atoms with E-state index in [-0.39, 0.29) is 16.6 Å². The zero-order valence-electron chi connectivity index (χ0n) is 11.7. The Bertz CT molecular complexity index is 593. The molecule has 0 saturated heterocycles. The maximum atomic E-state index is 12.5. The number of hydrogen-bond acceptors (Lipinski definition) is 3. The molecule has 2 unspecified atom stereocenters. The molecule has 6 nitrogen and oxygen atoms in total. The van der Waals surface area contributed by atoms with Gasteiger partial charge < -0.3 is 10.1 Å². The summed E-state index contributed by atoms with van der Waals surface area (Å²) in [5.41, 5.74) is -0.117. The largest absolute Gasteiger partial charge is 0.477 e. The molecule has 1 saturated carbocycles. The standard InChI is InChI=1S/C13H20N2O4S/c1-9-4-3-5-10(6-9)15(2)20(18,19)11-7-12(13(16)17)14-8-11/h7-10,14H,3-6H2,1-2H3,(H,16,17). The van der Waals surface area contributed by atoms with Crippen LogP contribution in [-0.2, 0) is 10.0 Å². The molecule has 2 rings (SSSR count). The normalized spacial score (nSPS) is 23.9. The number of hydrogen-bond donors (Lipinski definition) is 2. The number of rotatable bonds is 4. The number of aromatic carboxylic acids is 1. The minimum Gasteiger partial charge on any atom is -0.477 e. The number of aromatic amines is 1. The zero-order valence-corrected chi connectivity index (χ0v) is 12.5. The van der Waals surface area contributed by atoms with Gasteiger partial charge in [-0.1, -0.05) is 19.8 Å². The van der Waals surface area contributed by atoms with Crippen LogP contribution in [0.5, 0.6) is 0 Å². The molecule has 2 N–H and O–H groups in total. The number of carbonyl (C=O) groups is 1. The van der Waals surface area contributed by atoms with E-state index in [2.05, 4.69) is 11.9 Å². The van der Waals surface area contributed by atoms with Gasteiger partial charge in [-0.25, -0.2) is 13.2 Å². The van der Waals surface area contributed by atoms with Crippen molar-refractivity contribution in [1.29, 1.82) is 0 Å². The van der Waals surface area contributed by atoms with E-state index in [0.717, 1.165) is 25.7 Å². The lowest BCUT2D eigenvalue weighted by atomic mass is 9.87. The quantitative estimate of drug-likeness (QED) is 0.888. The van der Waals surface area contributed by atoms with Crippen molar-refractivity contribution >= 4 is 16.0 Å². The van der Waals surface area contributed by atoms with Crippen molar-refractivity contribution in [3.05, 3.63) is 18.0 Å². The summed E-state index contributed by atoms with van der Waals surface area (Å²) in [7, 11) is -2.06. The molecular formula is C13H20N2O4S. The maximum Gasteiger partial charge on any atom is 0.352 e. The summed E-state index contributed by atoms with van der Waals surface area (Å²) < 4.78 is 26.4. The Kier molecular flexibility index (Phi) is 4.19. The maximum absolute atomic E-state index is 12.5. The summed E-state index contributed by atoms with van der Waals surface area (Å²) in [6, 6.07) is 1.16. The molecule has 0 spiro atoms. The van der Waals surface area contributed by atoms with Crippen molar-refractivity contribution in [3.8, 4) is 0 Å². The van der Waals surface area contributed by atoms with Crippen LogP contribution < -0.4 is 0 Å². The van der Waals surface area contributed by atoms with Crippen molar-refractivity contribution in [1.82, 2.24) is 9.29 Å². The smallest absolute Gasteiger partial charge is 0.352 e. The molecule has 0 aromatic carbocycles. The topological polar surface area (TPSA) is 90.5 Å². The molecule has 1 aliphatic carbocycles. The van der Waals surface area contributed by atoms with E-state index >= 15 is 0 Å². The van der Waals surface area contributed by atoms with Gasteiger partial charge in [0.15, 0.2) is 0 Å². The highest BCUT2D eigenvalue weighted by molar-refractivity contribution is 7.89. The Balaban J connectivity index is 2.22. The van der Waals surface area contributed by atoms with E-state index in [9.17, 15) is 13.2 Å². The molecule has 0 radical (unpaired) electrons. The molecule has 0 bridgehead atoms. The van der Waals surface area contributed by atoms with Gasteiger partial charge in [0.05, 0.1) is 0 Å². The fraction of sp³-hybridized carbons (Fsp3) is 0.615. The van der Waals surface area contributed by atoms with Gasteiger partial charge in [-0.3, -0.25) is 0 Å². The second-order valence-electron chi connectivity index (χ2n) is 5.50. The Labute approximate surface area is 118 Å². The van der Waals surface area contributed by atoms with Crippen LogP contribution in [0.2, 0.25) is 0 Å². The number of sulfonamides is 1. The lowest BCUT2D eigenvalue weighted by Gasteiger charge is -2.33. The second-order valence-corrected chi connectivity index (χ2v) is 7.50. The van der Waals surface area contributed by atoms with E-state index in [0.29, 0.717) is 5.92 Å². The monoisotopic (exact) mass is 300 g/mol. The number of carboxylic acids is 1. The Hall–Kier alpha value is -1.34. The van der Waals surface area contributed by atoms with Gasteiger partial charge in [0.1, 0.15) is 10.6 Å². The van der Waals surface area contributed by atoms with E-state index in [4.69, 9.17) is 5.11 Å². The van der Waals surface area contributed by atoms with Crippen LogP contribution in [0.15, 0.2) is 17.2 Å².